The molecule has 0 radical (unpaired) electrons. The topological polar surface area (TPSA) is 91.2 Å². The van der Waals surface area contributed by atoms with E-state index in [2.05, 4.69) is 36.0 Å². The zero-order valence-corrected chi connectivity index (χ0v) is 23.0. The van der Waals surface area contributed by atoms with Gasteiger partial charge in [-0.05, 0) is 79.5 Å². The molecule has 0 spiro atoms. The maximum absolute atomic E-state index is 13.4. The van der Waals surface area contributed by atoms with Gasteiger partial charge < -0.3 is 29.2 Å². The van der Waals surface area contributed by atoms with Crippen molar-refractivity contribution in [1.29, 1.82) is 0 Å². The number of rotatable bonds is 3. The molecule has 3 saturated heterocycles. The Morgan fingerprint density at radius 2 is 1.84 bits per heavy atom. The highest BCUT2D eigenvalue weighted by atomic mass is 16.6. The molecule has 1 N–H and O–H groups in total. The molecule has 9 nitrogen and oxygen atoms in total. The van der Waals surface area contributed by atoms with Crippen LogP contribution in [-0.4, -0.2) is 82.7 Å². The third-order valence-electron chi connectivity index (χ3n) is 8.11. The largest absolute Gasteiger partial charge is 0.444 e. The number of ether oxygens (including phenoxy) is 1. The number of piperidine rings is 2. The van der Waals surface area contributed by atoms with Gasteiger partial charge in [-0.1, -0.05) is 12.5 Å². The number of aromatic nitrogens is 1. The van der Waals surface area contributed by atoms with Gasteiger partial charge in [-0.15, -0.1) is 0 Å². The van der Waals surface area contributed by atoms with Crippen LogP contribution in [0.2, 0.25) is 0 Å². The van der Waals surface area contributed by atoms with Crippen LogP contribution in [-0.2, 0) is 4.74 Å². The van der Waals surface area contributed by atoms with Crippen molar-refractivity contribution in [3.05, 3.63) is 23.8 Å². The second kappa shape index (κ2) is 9.49. The monoisotopic (exact) mass is 511 g/mol. The average molecular weight is 512 g/mol. The number of nitrogens with zero attached hydrogens (tertiary/aromatic N) is 4. The number of fused-ring (bicyclic) bond motifs is 3. The van der Waals surface area contributed by atoms with Crippen molar-refractivity contribution < 1.29 is 18.7 Å². The molecular weight excluding hydrogens is 470 g/mol. The Hall–Kier alpha value is -2.81. The van der Waals surface area contributed by atoms with Crippen LogP contribution >= 0.6 is 0 Å². The van der Waals surface area contributed by atoms with Crippen LogP contribution in [0.1, 0.15) is 77.1 Å². The van der Waals surface area contributed by atoms with E-state index in [1.54, 1.807) is 4.90 Å². The molecule has 1 aromatic carbocycles. The minimum Gasteiger partial charge on any atom is -0.444 e. The predicted molar refractivity (Wildman–Crippen MR) is 143 cm³/mol. The number of carbonyl (C=O) groups excluding carboxylic acids is 2. The molecule has 9 heteroatoms. The molecule has 1 aromatic heterocycles. The molecule has 2 aromatic rings. The summed E-state index contributed by atoms with van der Waals surface area (Å²) in [5.74, 6) is -0.0907. The maximum atomic E-state index is 13.4. The van der Waals surface area contributed by atoms with E-state index in [0.29, 0.717) is 54.4 Å². The van der Waals surface area contributed by atoms with Gasteiger partial charge in [0.05, 0.1) is 11.1 Å². The fraction of sp³-hybridized carbons (Fsp3) is 0.679. The van der Waals surface area contributed by atoms with Crippen LogP contribution in [0.3, 0.4) is 0 Å². The highest BCUT2D eigenvalue weighted by Crippen LogP contribution is 2.34. The van der Waals surface area contributed by atoms with Crippen LogP contribution in [0.15, 0.2) is 22.6 Å². The highest BCUT2D eigenvalue weighted by Gasteiger charge is 2.40. The van der Waals surface area contributed by atoms with Crippen LogP contribution in [0.5, 0.6) is 0 Å². The molecule has 3 aliphatic heterocycles. The number of para-hydroxylation sites is 1. The highest BCUT2D eigenvalue weighted by molar-refractivity contribution is 6.04. The molecule has 3 fully saturated rings. The molecule has 2 unspecified atom stereocenters. The summed E-state index contributed by atoms with van der Waals surface area (Å²) >= 11 is 0. The second-order valence-corrected chi connectivity index (χ2v) is 12.6. The van der Waals surface area contributed by atoms with E-state index in [9.17, 15) is 9.59 Å². The zero-order chi connectivity index (χ0) is 26.5. The van der Waals surface area contributed by atoms with Crippen molar-refractivity contribution in [2.45, 2.75) is 96.0 Å². The van der Waals surface area contributed by atoms with Crippen LogP contribution in [0, 0.1) is 0 Å². The first-order valence-electron chi connectivity index (χ1n) is 13.6. The van der Waals surface area contributed by atoms with Gasteiger partial charge in [0.15, 0.2) is 5.58 Å². The summed E-state index contributed by atoms with van der Waals surface area (Å²) in [5.41, 5.74) is 0.746. The molecule has 37 heavy (non-hydrogen) atoms. The zero-order valence-electron chi connectivity index (χ0n) is 23.0. The van der Waals surface area contributed by atoms with Gasteiger partial charge in [-0.2, -0.15) is 4.98 Å². The lowest BCUT2D eigenvalue weighted by atomic mass is 9.82. The van der Waals surface area contributed by atoms with Crippen molar-refractivity contribution in [1.82, 2.24) is 20.1 Å². The van der Waals surface area contributed by atoms with Crippen molar-refractivity contribution in [2.75, 3.05) is 31.6 Å². The SMILES string of the molecule is CN1C2CCCC1CC(NC(=O)c1cccc3oc(N4CCN(C(=O)OC(C)(C)C)CC4(C)C)nc13)C2. The first-order chi connectivity index (χ1) is 17.4. The molecular formula is C28H41N5O4. The summed E-state index contributed by atoms with van der Waals surface area (Å²) in [5, 5.41) is 3.30. The van der Waals surface area contributed by atoms with Gasteiger partial charge in [0, 0.05) is 37.8 Å². The van der Waals surface area contributed by atoms with Gasteiger partial charge in [0.25, 0.3) is 11.9 Å². The van der Waals surface area contributed by atoms with E-state index in [-0.39, 0.29) is 18.0 Å². The van der Waals surface area contributed by atoms with Gasteiger partial charge in [0.2, 0.25) is 0 Å². The number of benzene rings is 1. The van der Waals surface area contributed by atoms with Gasteiger partial charge in [-0.25, -0.2) is 4.79 Å². The van der Waals surface area contributed by atoms with E-state index in [4.69, 9.17) is 14.1 Å². The van der Waals surface area contributed by atoms with Gasteiger partial charge in [-0.3, -0.25) is 4.79 Å². The summed E-state index contributed by atoms with van der Waals surface area (Å²) < 4.78 is 11.7. The van der Waals surface area contributed by atoms with Gasteiger partial charge >= 0.3 is 6.09 Å². The Bertz CT molecular complexity index is 1160. The normalized spacial score (nSPS) is 26.3. The molecule has 2 bridgehead atoms. The Morgan fingerprint density at radius 1 is 1.14 bits per heavy atom. The lowest BCUT2D eigenvalue weighted by Gasteiger charge is -2.47. The summed E-state index contributed by atoms with van der Waals surface area (Å²) in [4.78, 5) is 37.2. The number of hydrogen-bond donors (Lipinski definition) is 1. The third-order valence-corrected chi connectivity index (χ3v) is 8.11. The lowest BCUT2D eigenvalue weighted by molar-refractivity contribution is 0.0175. The Morgan fingerprint density at radius 3 is 2.49 bits per heavy atom. The van der Waals surface area contributed by atoms with Crippen LogP contribution < -0.4 is 10.2 Å². The molecule has 2 amide bonds. The molecule has 202 valence electrons. The van der Waals surface area contributed by atoms with E-state index < -0.39 is 11.1 Å². The summed E-state index contributed by atoms with van der Waals surface area (Å²) in [7, 11) is 2.22. The first-order valence-corrected chi connectivity index (χ1v) is 13.6. The predicted octanol–water partition coefficient (Wildman–Crippen LogP) is 4.41. The van der Waals surface area contributed by atoms with Crippen molar-refractivity contribution in [3.8, 4) is 0 Å². The molecule has 0 aliphatic carbocycles. The first kappa shape index (κ1) is 25.8. The number of amides is 2. The van der Waals surface area contributed by atoms with Crippen molar-refractivity contribution >= 4 is 29.1 Å². The van der Waals surface area contributed by atoms with E-state index in [1.165, 1.54) is 19.3 Å². The molecule has 5 rings (SSSR count). The number of nitrogens with one attached hydrogen (secondary N) is 1. The van der Waals surface area contributed by atoms with Crippen molar-refractivity contribution in [3.63, 3.8) is 0 Å². The number of anilines is 1. The Kier molecular flexibility index (Phi) is 6.63. The molecule has 0 saturated carbocycles. The number of oxazole rings is 1. The Labute approximate surface area is 219 Å². The van der Waals surface area contributed by atoms with Crippen LogP contribution in [0.25, 0.3) is 11.1 Å². The summed E-state index contributed by atoms with van der Waals surface area (Å²) in [6.07, 6.45) is 5.37. The minimum atomic E-state index is -0.540. The average Bonchev–Trinajstić information content (AvgIpc) is 3.21. The summed E-state index contributed by atoms with van der Waals surface area (Å²) in [6.45, 7) is 11.3. The smallest absolute Gasteiger partial charge is 0.410 e. The fourth-order valence-corrected chi connectivity index (χ4v) is 6.22. The molecule has 4 heterocycles. The summed E-state index contributed by atoms with van der Waals surface area (Å²) in [6, 6.07) is 7.28. The number of piperazine rings is 1. The lowest BCUT2D eigenvalue weighted by Crippen LogP contribution is -2.61. The molecule has 2 atom stereocenters. The number of hydrogen-bond acceptors (Lipinski definition) is 7. The van der Waals surface area contributed by atoms with E-state index in [1.807, 2.05) is 39.0 Å². The van der Waals surface area contributed by atoms with E-state index >= 15 is 0 Å². The van der Waals surface area contributed by atoms with Crippen molar-refractivity contribution in [2.24, 2.45) is 0 Å². The minimum absolute atomic E-state index is 0.0907. The number of carbonyl (C=O) groups is 2. The Balaban J connectivity index is 1.31. The third kappa shape index (κ3) is 5.28. The van der Waals surface area contributed by atoms with Gasteiger partial charge in [0.1, 0.15) is 11.1 Å². The van der Waals surface area contributed by atoms with Crippen LogP contribution in [0.4, 0.5) is 10.8 Å². The quantitative estimate of drug-likeness (QED) is 0.653. The second-order valence-electron chi connectivity index (χ2n) is 12.6. The maximum Gasteiger partial charge on any atom is 0.410 e. The van der Waals surface area contributed by atoms with E-state index in [0.717, 1.165) is 12.8 Å². The fourth-order valence-electron chi connectivity index (χ4n) is 6.22. The molecule has 3 aliphatic rings. The standard InChI is InChI=1S/C28H41N5O4/c1-27(2,3)37-26(35)32-13-14-33(28(4,5)17-32)25-30-23-21(11-8-12-22(23)36-25)24(34)29-18-15-19-9-7-10-20(16-18)31(19)6/h8,11-12,18-20H,7,9-10,13-17H2,1-6H3,(H,29,34).